The first kappa shape index (κ1) is 23.1. The zero-order valence-corrected chi connectivity index (χ0v) is 17.1. The zero-order valence-electron chi connectivity index (χ0n) is 17.1. The van der Waals surface area contributed by atoms with Gasteiger partial charge in [-0.1, -0.05) is 31.2 Å². The molecule has 0 radical (unpaired) electrons. The summed E-state index contributed by atoms with van der Waals surface area (Å²) in [5, 5.41) is 0. The van der Waals surface area contributed by atoms with Crippen LogP contribution in [0, 0.1) is 11.8 Å². The lowest BCUT2D eigenvalue weighted by molar-refractivity contribution is -0.217. The summed E-state index contributed by atoms with van der Waals surface area (Å²) in [5.41, 5.74) is 0.748. The van der Waals surface area contributed by atoms with Crippen LogP contribution in [0.3, 0.4) is 0 Å². The SMILES string of the molecule is CC/C=C/[C@H]1CO[C@H](CCC2COC(c3ccc(OCC(F)(F)F)cc3)OC2)OC1. The van der Waals surface area contributed by atoms with E-state index in [4.69, 9.17) is 23.7 Å². The maximum absolute atomic E-state index is 12.2. The minimum Gasteiger partial charge on any atom is -0.484 e. The van der Waals surface area contributed by atoms with Crippen molar-refractivity contribution < 1.29 is 36.9 Å². The second-order valence-corrected chi connectivity index (χ2v) is 7.61. The van der Waals surface area contributed by atoms with Crippen LogP contribution in [0.15, 0.2) is 36.4 Å². The predicted molar refractivity (Wildman–Crippen MR) is 104 cm³/mol. The summed E-state index contributed by atoms with van der Waals surface area (Å²) in [6.07, 6.45) is 1.89. The summed E-state index contributed by atoms with van der Waals surface area (Å²) in [5.74, 6) is 0.735. The second-order valence-electron chi connectivity index (χ2n) is 7.61. The molecule has 0 saturated carbocycles. The molecule has 0 N–H and O–H groups in total. The van der Waals surface area contributed by atoms with Gasteiger partial charge in [0.1, 0.15) is 5.75 Å². The molecule has 1 aromatic rings. The number of benzene rings is 1. The van der Waals surface area contributed by atoms with Crippen LogP contribution in [0.2, 0.25) is 0 Å². The van der Waals surface area contributed by atoms with Crippen molar-refractivity contribution in [1.82, 2.24) is 0 Å². The van der Waals surface area contributed by atoms with Crippen LogP contribution in [0.25, 0.3) is 0 Å². The molecule has 8 heteroatoms. The number of halogens is 3. The van der Waals surface area contributed by atoms with Gasteiger partial charge < -0.3 is 23.7 Å². The maximum atomic E-state index is 12.2. The van der Waals surface area contributed by atoms with Gasteiger partial charge in [-0.15, -0.1) is 0 Å². The molecule has 2 aliphatic heterocycles. The van der Waals surface area contributed by atoms with Crippen LogP contribution < -0.4 is 4.74 Å². The summed E-state index contributed by atoms with van der Waals surface area (Å²) in [4.78, 5) is 0. The van der Waals surface area contributed by atoms with Crippen LogP contribution in [0.5, 0.6) is 5.75 Å². The lowest BCUT2D eigenvalue weighted by Crippen LogP contribution is -2.33. The van der Waals surface area contributed by atoms with E-state index in [0.717, 1.165) is 24.8 Å². The van der Waals surface area contributed by atoms with Crippen molar-refractivity contribution in [3.63, 3.8) is 0 Å². The molecule has 5 nitrogen and oxygen atoms in total. The fourth-order valence-corrected chi connectivity index (χ4v) is 3.32. The standard InChI is InChI=1S/C22H29F3O5/c1-2-3-4-16-11-26-20(27-12-16)10-5-17-13-28-21(29-14-17)18-6-8-19(9-7-18)30-15-22(23,24)25/h3-4,6-9,16-17,20-21H,2,5,10-15H2,1H3/b4-3+/t16-,17?,20-,21?. The summed E-state index contributed by atoms with van der Waals surface area (Å²) in [6.45, 7) is 3.25. The normalized spacial score (nSPS) is 28.0. The molecule has 0 unspecified atom stereocenters. The van der Waals surface area contributed by atoms with Crippen LogP contribution >= 0.6 is 0 Å². The number of allylic oxidation sites excluding steroid dienone is 1. The van der Waals surface area contributed by atoms with Crippen LogP contribution in [-0.4, -0.2) is 45.5 Å². The Morgan fingerprint density at radius 2 is 1.63 bits per heavy atom. The van der Waals surface area contributed by atoms with Gasteiger partial charge in [0.25, 0.3) is 0 Å². The molecule has 1 aromatic carbocycles. The Hall–Kier alpha value is -1.61. The van der Waals surface area contributed by atoms with E-state index in [1.165, 1.54) is 12.1 Å². The minimum absolute atomic E-state index is 0.157. The van der Waals surface area contributed by atoms with Crippen LogP contribution in [0.4, 0.5) is 13.2 Å². The molecule has 2 heterocycles. The van der Waals surface area contributed by atoms with E-state index in [0.29, 0.717) is 32.3 Å². The molecule has 0 aromatic heterocycles. The van der Waals surface area contributed by atoms with E-state index >= 15 is 0 Å². The van der Waals surface area contributed by atoms with E-state index in [2.05, 4.69) is 19.1 Å². The summed E-state index contributed by atoms with van der Waals surface area (Å²) in [7, 11) is 0. The molecule has 2 saturated heterocycles. The summed E-state index contributed by atoms with van der Waals surface area (Å²) in [6, 6.07) is 6.29. The van der Waals surface area contributed by atoms with Crippen molar-refractivity contribution in [3.05, 3.63) is 42.0 Å². The topological polar surface area (TPSA) is 46.2 Å². The quantitative estimate of drug-likeness (QED) is 0.542. The van der Waals surface area contributed by atoms with Gasteiger partial charge >= 0.3 is 6.18 Å². The van der Waals surface area contributed by atoms with Crippen molar-refractivity contribution in [1.29, 1.82) is 0 Å². The smallest absolute Gasteiger partial charge is 0.422 e. The highest BCUT2D eigenvalue weighted by molar-refractivity contribution is 5.28. The van der Waals surface area contributed by atoms with Gasteiger partial charge in [0.2, 0.25) is 0 Å². The Morgan fingerprint density at radius 1 is 0.967 bits per heavy atom. The summed E-state index contributed by atoms with van der Waals surface area (Å²) >= 11 is 0. The van der Waals surface area contributed by atoms with Crippen molar-refractivity contribution in [2.45, 2.75) is 44.9 Å². The fraction of sp³-hybridized carbons (Fsp3) is 0.636. The van der Waals surface area contributed by atoms with Gasteiger partial charge in [0.15, 0.2) is 19.2 Å². The van der Waals surface area contributed by atoms with Gasteiger partial charge in [-0.05, 0) is 31.4 Å². The summed E-state index contributed by atoms with van der Waals surface area (Å²) < 4.78 is 64.5. The molecule has 2 aliphatic rings. The second kappa shape index (κ2) is 11.1. The third-order valence-corrected chi connectivity index (χ3v) is 4.97. The maximum Gasteiger partial charge on any atom is 0.422 e. The number of hydrogen-bond acceptors (Lipinski definition) is 5. The Labute approximate surface area is 175 Å². The molecule has 2 fully saturated rings. The van der Waals surface area contributed by atoms with Crippen LogP contribution in [-0.2, 0) is 18.9 Å². The Bertz CT molecular complexity index is 646. The molecule has 3 rings (SSSR count). The fourth-order valence-electron chi connectivity index (χ4n) is 3.32. The first-order valence-corrected chi connectivity index (χ1v) is 10.4. The number of rotatable bonds is 8. The Kier molecular flexibility index (Phi) is 8.56. The van der Waals surface area contributed by atoms with Crippen molar-refractivity contribution in [3.8, 4) is 5.75 Å². The Morgan fingerprint density at radius 3 is 2.23 bits per heavy atom. The lowest BCUT2D eigenvalue weighted by Gasteiger charge is -2.32. The zero-order chi connectivity index (χ0) is 21.4. The highest BCUT2D eigenvalue weighted by Crippen LogP contribution is 2.29. The average molecular weight is 430 g/mol. The van der Waals surface area contributed by atoms with Crippen LogP contribution in [0.1, 0.15) is 38.0 Å². The monoisotopic (exact) mass is 430 g/mol. The predicted octanol–water partition coefficient (Wildman–Crippen LogP) is 5.02. The molecule has 0 aliphatic carbocycles. The molecule has 30 heavy (non-hydrogen) atoms. The van der Waals surface area contributed by atoms with E-state index in [-0.39, 0.29) is 18.0 Å². The van der Waals surface area contributed by atoms with E-state index in [1.54, 1.807) is 12.1 Å². The molecule has 0 spiro atoms. The number of alkyl halides is 3. The van der Waals surface area contributed by atoms with E-state index in [1.807, 2.05) is 0 Å². The first-order valence-electron chi connectivity index (χ1n) is 10.4. The van der Waals surface area contributed by atoms with E-state index in [9.17, 15) is 13.2 Å². The number of ether oxygens (including phenoxy) is 5. The molecular weight excluding hydrogens is 401 g/mol. The number of hydrogen-bond donors (Lipinski definition) is 0. The van der Waals surface area contributed by atoms with E-state index < -0.39 is 19.1 Å². The molecule has 0 atom stereocenters. The van der Waals surface area contributed by atoms with Gasteiger partial charge in [0, 0.05) is 17.4 Å². The minimum atomic E-state index is -4.36. The van der Waals surface area contributed by atoms with Crippen molar-refractivity contribution >= 4 is 0 Å². The van der Waals surface area contributed by atoms with Gasteiger partial charge in [-0.2, -0.15) is 13.2 Å². The van der Waals surface area contributed by atoms with Crippen molar-refractivity contribution in [2.75, 3.05) is 33.0 Å². The molecule has 0 bridgehead atoms. The third kappa shape index (κ3) is 7.58. The molecule has 168 valence electrons. The molecule has 0 amide bonds. The third-order valence-electron chi connectivity index (χ3n) is 4.97. The van der Waals surface area contributed by atoms with Crippen molar-refractivity contribution in [2.24, 2.45) is 11.8 Å². The average Bonchev–Trinajstić information content (AvgIpc) is 2.76. The lowest BCUT2D eigenvalue weighted by atomic mass is 10.0. The van der Waals surface area contributed by atoms with Gasteiger partial charge in [-0.25, -0.2) is 0 Å². The van der Waals surface area contributed by atoms with Gasteiger partial charge in [0.05, 0.1) is 26.4 Å². The first-order chi connectivity index (χ1) is 14.4. The highest BCUT2D eigenvalue weighted by Gasteiger charge is 2.29. The van der Waals surface area contributed by atoms with Gasteiger partial charge in [-0.3, -0.25) is 0 Å². The molecular formula is C22H29F3O5. The largest absolute Gasteiger partial charge is 0.484 e. The highest BCUT2D eigenvalue weighted by atomic mass is 19.4. The Balaban J connectivity index is 1.34.